The first-order chi connectivity index (χ1) is 8.84. The Morgan fingerprint density at radius 2 is 2.16 bits per heavy atom. The fourth-order valence-electron chi connectivity index (χ4n) is 1.99. The number of guanidine groups is 1. The van der Waals surface area contributed by atoms with Crippen LogP contribution in [-0.4, -0.2) is 68.0 Å². The third-order valence-electron chi connectivity index (χ3n) is 3.23. The van der Waals surface area contributed by atoms with Crippen LogP contribution < -0.4 is 5.32 Å². The van der Waals surface area contributed by atoms with Crippen molar-refractivity contribution >= 4 is 27.6 Å². The van der Waals surface area contributed by atoms with Crippen molar-refractivity contribution in [3.8, 4) is 0 Å². The second kappa shape index (κ2) is 6.83. The van der Waals surface area contributed by atoms with Gasteiger partial charge in [-0.25, -0.2) is 8.42 Å². The molecule has 112 valence electrons. The molecule has 0 amide bonds. The van der Waals surface area contributed by atoms with Crippen LogP contribution in [0.1, 0.15) is 20.8 Å². The number of sulfone groups is 1. The summed E-state index contributed by atoms with van der Waals surface area (Å²) in [6, 6.07) is 0. The van der Waals surface area contributed by atoms with E-state index in [1.807, 2.05) is 6.92 Å². The maximum Gasteiger partial charge on any atom is 0.194 e. The second-order valence-corrected chi connectivity index (χ2v) is 8.96. The molecular weight excluding hydrogens is 282 g/mol. The fraction of sp³-hybridized carbons (Fsp3) is 0.917. The van der Waals surface area contributed by atoms with Gasteiger partial charge in [0.2, 0.25) is 0 Å². The number of thioether (sulfide) groups is 1. The zero-order valence-electron chi connectivity index (χ0n) is 12.3. The van der Waals surface area contributed by atoms with E-state index >= 15 is 0 Å². The highest BCUT2D eigenvalue weighted by molar-refractivity contribution is 7.98. The molecule has 1 aliphatic heterocycles. The topological polar surface area (TPSA) is 61.8 Å². The van der Waals surface area contributed by atoms with Crippen molar-refractivity contribution in [1.82, 2.24) is 10.2 Å². The van der Waals surface area contributed by atoms with Crippen molar-refractivity contribution in [3.63, 3.8) is 0 Å². The van der Waals surface area contributed by atoms with Crippen LogP contribution in [0.15, 0.2) is 4.99 Å². The zero-order valence-corrected chi connectivity index (χ0v) is 13.9. The molecule has 0 bridgehead atoms. The summed E-state index contributed by atoms with van der Waals surface area (Å²) in [5, 5.41) is 3.25. The molecular formula is C12H25N3O2S2. The summed E-state index contributed by atoms with van der Waals surface area (Å²) >= 11 is 1.76. The molecule has 1 N–H and O–H groups in total. The van der Waals surface area contributed by atoms with Gasteiger partial charge in [-0.3, -0.25) is 4.99 Å². The molecule has 5 nitrogen and oxygen atoms in total. The average Bonchev–Trinajstić information content (AvgIpc) is 2.32. The van der Waals surface area contributed by atoms with Gasteiger partial charge < -0.3 is 10.2 Å². The third kappa shape index (κ3) is 4.27. The highest BCUT2D eigenvalue weighted by Crippen LogP contribution is 2.23. The first kappa shape index (κ1) is 16.6. The Bertz CT molecular complexity index is 419. The summed E-state index contributed by atoms with van der Waals surface area (Å²) in [6.45, 7) is 8.18. The van der Waals surface area contributed by atoms with E-state index in [-0.39, 0.29) is 5.75 Å². The molecule has 0 aromatic carbocycles. The molecule has 0 radical (unpaired) electrons. The normalized spacial score (nSPS) is 22.3. The molecule has 0 aromatic heterocycles. The number of nitrogens with one attached hydrogen (secondary N) is 1. The molecule has 0 atom stereocenters. The molecule has 1 saturated heterocycles. The van der Waals surface area contributed by atoms with Crippen molar-refractivity contribution in [2.45, 2.75) is 25.5 Å². The van der Waals surface area contributed by atoms with Crippen LogP contribution in [0, 0.1) is 0 Å². The van der Waals surface area contributed by atoms with Crippen molar-refractivity contribution in [3.05, 3.63) is 0 Å². The van der Waals surface area contributed by atoms with Crippen LogP contribution in [-0.2, 0) is 9.84 Å². The van der Waals surface area contributed by atoms with Crippen LogP contribution in [0.25, 0.3) is 0 Å². The first-order valence-electron chi connectivity index (χ1n) is 6.58. The summed E-state index contributed by atoms with van der Waals surface area (Å²) in [7, 11) is -3.00. The summed E-state index contributed by atoms with van der Waals surface area (Å²) in [5.74, 6) is 2.01. The molecule has 0 aliphatic carbocycles. The van der Waals surface area contributed by atoms with Gasteiger partial charge in [0.25, 0.3) is 0 Å². The molecule has 7 heteroatoms. The number of hydrogen-bond donors (Lipinski definition) is 1. The average molecular weight is 307 g/mol. The lowest BCUT2D eigenvalue weighted by Gasteiger charge is -2.39. The quantitative estimate of drug-likeness (QED) is 0.473. The minimum absolute atomic E-state index is 0.201. The predicted octanol–water partition coefficient (Wildman–Crippen LogP) is 0.824. The highest BCUT2D eigenvalue weighted by atomic mass is 32.2. The summed E-state index contributed by atoms with van der Waals surface area (Å²) in [5.41, 5.74) is 0. The Hall–Kier alpha value is -0.430. The summed E-state index contributed by atoms with van der Waals surface area (Å²) in [4.78, 5) is 6.62. The van der Waals surface area contributed by atoms with Gasteiger partial charge in [0.05, 0.1) is 17.0 Å². The van der Waals surface area contributed by atoms with Crippen LogP contribution in [0.2, 0.25) is 0 Å². The van der Waals surface area contributed by atoms with E-state index in [0.29, 0.717) is 13.1 Å². The van der Waals surface area contributed by atoms with E-state index in [9.17, 15) is 8.42 Å². The molecule has 1 rings (SSSR count). The Morgan fingerprint density at radius 1 is 1.47 bits per heavy atom. The van der Waals surface area contributed by atoms with Gasteiger partial charge >= 0.3 is 0 Å². The van der Waals surface area contributed by atoms with Gasteiger partial charge in [0.15, 0.2) is 15.8 Å². The Balaban J connectivity index is 2.79. The third-order valence-corrected chi connectivity index (χ3v) is 6.36. The zero-order chi connectivity index (χ0) is 14.5. The van der Waals surface area contributed by atoms with Gasteiger partial charge in [0.1, 0.15) is 0 Å². The Kier molecular flexibility index (Phi) is 5.98. The molecule has 0 saturated carbocycles. The van der Waals surface area contributed by atoms with Crippen molar-refractivity contribution < 1.29 is 8.42 Å². The lowest BCUT2D eigenvalue weighted by atomic mass is 10.2. The maximum atomic E-state index is 12.0. The minimum atomic E-state index is -3.00. The van der Waals surface area contributed by atoms with Crippen LogP contribution in [0.4, 0.5) is 0 Å². The van der Waals surface area contributed by atoms with Gasteiger partial charge in [-0.15, -0.1) is 0 Å². The first-order valence-corrected chi connectivity index (χ1v) is 9.63. The van der Waals surface area contributed by atoms with E-state index in [2.05, 4.69) is 21.5 Å². The summed E-state index contributed by atoms with van der Waals surface area (Å²) in [6.07, 6.45) is 2.05. The number of nitrogens with zero attached hydrogens (tertiary/aromatic N) is 2. The summed E-state index contributed by atoms with van der Waals surface area (Å²) < 4.78 is 23.3. The van der Waals surface area contributed by atoms with Gasteiger partial charge in [-0.1, -0.05) is 0 Å². The Morgan fingerprint density at radius 3 is 2.68 bits per heavy atom. The molecule has 0 spiro atoms. The maximum absolute atomic E-state index is 12.0. The van der Waals surface area contributed by atoms with Crippen molar-refractivity contribution in [2.75, 3.05) is 43.9 Å². The molecule has 19 heavy (non-hydrogen) atoms. The SMILES string of the molecule is CCNC(=NCCSC)N1CCS(=O)(=O)C(C)(C)C1. The van der Waals surface area contributed by atoms with Gasteiger partial charge in [-0.05, 0) is 27.0 Å². The smallest absolute Gasteiger partial charge is 0.194 e. The van der Waals surface area contributed by atoms with Crippen molar-refractivity contribution in [2.24, 2.45) is 4.99 Å². The van der Waals surface area contributed by atoms with Crippen LogP contribution in [0.5, 0.6) is 0 Å². The Labute approximate surface area is 121 Å². The predicted molar refractivity (Wildman–Crippen MR) is 83.8 cm³/mol. The minimum Gasteiger partial charge on any atom is -0.357 e. The fourth-order valence-corrected chi connectivity index (χ4v) is 3.63. The number of rotatable bonds is 4. The van der Waals surface area contributed by atoms with Gasteiger partial charge in [-0.2, -0.15) is 11.8 Å². The molecule has 1 fully saturated rings. The lowest BCUT2D eigenvalue weighted by molar-refractivity contribution is 0.353. The number of hydrogen-bond acceptors (Lipinski definition) is 4. The van der Waals surface area contributed by atoms with E-state index in [1.54, 1.807) is 25.6 Å². The monoisotopic (exact) mass is 307 g/mol. The molecule has 0 unspecified atom stereocenters. The van der Waals surface area contributed by atoms with Crippen LogP contribution >= 0.6 is 11.8 Å². The second-order valence-electron chi connectivity index (χ2n) is 5.23. The standard InChI is InChI=1S/C12H25N3O2S2/c1-5-13-11(14-6-8-18-4)15-7-9-19(16,17)12(2,3)10-15/h5-10H2,1-4H3,(H,13,14). The van der Waals surface area contributed by atoms with E-state index < -0.39 is 14.6 Å². The van der Waals surface area contributed by atoms with E-state index in [1.165, 1.54) is 0 Å². The molecule has 1 heterocycles. The molecule has 1 aliphatic rings. The number of aliphatic imine (C=N–C) groups is 1. The molecule has 0 aromatic rings. The van der Waals surface area contributed by atoms with E-state index in [0.717, 1.165) is 24.8 Å². The van der Waals surface area contributed by atoms with Crippen molar-refractivity contribution in [1.29, 1.82) is 0 Å². The van der Waals surface area contributed by atoms with Gasteiger partial charge in [0, 0.05) is 25.4 Å². The van der Waals surface area contributed by atoms with Crippen LogP contribution in [0.3, 0.4) is 0 Å². The largest absolute Gasteiger partial charge is 0.357 e. The lowest BCUT2D eigenvalue weighted by Crippen LogP contribution is -2.57. The van der Waals surface area contributed by atoms with E-state index in [4.69, 9.17) is 0 Å². The highest BCUT2D eigenvalue weighted by Gasteiger charge is 2.40.